The topological polar surface area (TPSA) is 58.6 Å². The second kappa shape index (κ2) is 7.10. The number of hydrogen-bond donors (Lipinski definition) is 1. The number of H-pyrrole nitrogens is 1. The summed E-state index contributed by atoms with van der Waals surface area (Å²) in [6.45, 7) is 2.00. The number of carbonyl (C=O) groups excluding carboxylic acids is 1. The highest BCUT2D eigenvalue weighted by Crippen LogP contribution is 2.26. The zero-order chi connectivity index (χ0) is 16.2. The maximum atomic E-state index is 12.2. The van der Waals surface area contributed by atoms with Gasteiger partial charge in [0.15, 0.2) is 11.6 Å². The molecule has 23 heavy (non-hydrogen) atoms. The zero-order valence-electron chi connectivity index (χ0n) is 12.4. The quantitative estimate of drug-likeness (QED) is 0.516. The molecule has 0 aliphatic carbocycles. The summed E-state index contributed by atoms with van der Waals surface area (Å²) in [5.41, 5.74) is 2.79. The second-order valence-electron chi connectivity index (χ2n) is 5.02. The summed E-state index contributed by atoms with van der Waals surface area (Å²) in [5, 5.41) is 7.64. The molecule has 0 saturated carbocycles. The number of aromatic amines is 1. The van der Waals surface area contributed by atoms with Gasteiger partial charge in [-0.15, -0.1) is 5.10 Å². The smallest absolute Gasteiger partial charge is 0.209 e. The molecular weight excluding hydrogens is 374 g/mol. The Morgan fingerprint density at radius 3 is 2.65 bits per heavy atom. The van der Waals surface area contributed by atoms with Crippen molar-refractivity contribution in [2.45, 2.75) is 12.1 Å². The van der Waals surface area contributed by atoms with Crippen LogP contribution in [0.5, 0.6) is 0 Å². The Hall–Kier alpha value is -1.92. The predicted octanol–water partition coefficient (Wildman–Crippen LogP) is 4.52. The van der Waals surface area contributed by atoms with Gasteiger partial charge in [0, 0.05) is 15.6 Å². The van der Waals surface area contributed by atoms with E-state index in [1.165, 1.54) is 11.8 Å². The van der Waals surface area contributed by atoms with E-state index in [4.69, 9.17) is 0 Å². The van der Waals surface area contributed by atoms with Crippen LogP contribution in [0, 0.1) is 6.92 Å². The lowest BCUT2D eigenvalue weighted by atomic mass is 10.1. The normalized spacial score (nSPS) is 10.7. The molecule has 0 aliphatic heterocycles. The van der Waals surface area contributed by atoms with Crippen LogP contribution < -0.4 is 0 Å². The molecule has 6 heteroatoms. The van der Waals surface area contributed by atoms with Crippen molar-refractivity contribution in [3.63, 3.8) is 0 Å². The number of nitrogens with zero attached hydrogens (tertiary/aromatic N) is 2. The van der Waals surface area contributed by atoms with E-state index < -0.39 is 0 Å². The number of aryl methyl sites for hydroxylation is 1. The summed E-state index contributed by atoms with van der Waals surface area (Å²) in [6.07, 6.45) is 0. The van der Waals surface area contributed by atoms with Gasteiger partial charge < -0.3 is 0 Å². The van der Waals surface area contributed by atoms with Crippen LogP contribution in [0.2, 0.25) is 0 Å². The van der Waals surface area contributed by atoms with Crippen molar-refractivity contribution >= 4 is 33.5 Å². The van der Waals surface area contributed by atoms with Crippen LogP contribution in [0.15, 0.2) is 58.2 Å². The van der Waals surface area contributed by atoms with E-state index in [9.17, 15) is 4.79 Å². The summed E-state index contributed by atoms with van der Waals surface area (Å²) in [6, 6.07) is 15.4. The molecule has 1 aromatic heterocycles. The Morgan fingerprint density at radius 1 is 1.17 bits per heavy atom. The predicted molar refractivity (Wildman–Crippen MR) is 95.8 cm³/mol. The van der Waals surface area contributed by atoms with Crippen LogP contribution in [0.3, 0.4) is 0 Å². The van der Waals surface area contributed by atoms with Gasteiger partial charge >= 0.3 is 0 Å². The molecule has 4 nitrogen and oxygen atoms in total. The molecule has 0 radical (unpaired) electrons. The molecule has 0 amide bonds. The minimum atomic E-state index is 0.0715. The molecule has 0 atom stereocenters. The number of ketones is 1. The Labute approximate surface area is 146 Å². The van der Waals surface area contributed by atoms with Crippen molar-refractivity contribution in [1.82, 2.24) is 15.2 Å². The number of rotatable bonds is 5. The molecule has 116 valence electrons. The lowest BCUT2D eigenvalue weighted by Gasteiger charge is -2.00. The molecule has 1 heterocycles. The fraction of sp³-hybridized carbons (Fsp3) is 0.118. The minimum Gasteiger partial charge on any atom is -0.293 e. The zero-order valence-corrected chi connectivity index (χ0v) is 14.8. The lowest BCUT2D eigenvalue weighted by Crippen LogP contribution is -2.02. The van der Waals surface area contributed by atoms with Crippen molar-refractivity contribution in [1.29, 1.82) is 0 Å². The van der Waals surface area contributed by atoms with Crippen molar-refractivity contribution in [3.8, 4) is 11.4 Å². The first-order valence-electron chi connectivity index (χ1n) is 7.03. The number of carbonyl (C=O) groups is 1. The summed E-state index contributed by atoms with van der Waals surface area (Å²) < 4.78 is 0.948. The van der Waals surface area contributed by atoms with Gasteiger partial charge in [-0.25, -0.2) is 4.98 Å². The van der Waals surface area contributed by atoms with Crippen LogP contribution in [-0.2, 0) is 0 Å². The summed E-state index contributed by atoms with van der Waals surface area (Å²) in [5.74, 6) is 1.07. The highest BCUT2D eigenvalue weighted by atomic mass is 79.9. The SMILES string of the molecule is Cc1ccc(C(=O)CSc2n[nH]c(-c3ccccc3Br)n2)cc1. The number of hydrogen-bond acceptors (Lipinski definition) is 4. The van der Waals surface area contributed by atoms with Gasteiger partial charge in [-0.1, -0.05) is 75.7 Å². The first kappa shape index (κ1) is 16.0. The summed E-state index contributed by atoms with van der Waals surface area (Å²) in [7, 11) is 0. The monoisotopic (exact) mass is 387 g/mol. The first-order valence-corrected chi connectivity index (χ1v) is 8.81. The van der Waals surface area contributed by atoms with E-state index in [2.05, 4.69) is 31.1 Å². The van der Waals surface area contributed by atoms with Gasteiger partial charge in [-0.05, 0) is 13.0 Å². The van der Waals surface area contributed by atoms with Crippen LogP contribution >= 0.6 is 27.7 Å². The van der Waals surface area contributed by atoms with Crippen molar-refractivity contribution in [2.24, 2.45) is 0 Å². The maximum absolute atomic E-state index is 12.2. The fourth-order valence-corrected chi connectivity index (χ4v) is 3.20. The summed E-state index contributed by atoms with van der Waals surface area (Å²) in [4.78, 5) is 16.6. The highest BCUT2D eigenvalue weighted by Gasteiger charge is 2.11. The van der Waals surface area contributed by atoms with Gasteiger partial charge in [-0.2, -0.15) is 0 Å². The van der Waals surface area contributed by atoms with Crippen molar-refractivity contribution in [2.75, 3.05) is 5.75 Å². The molecule has 0 spiro atoms. The molecule has 1 N–H and O–H groups in total. The van der Waals surface area contributed by atoms with E-state index in [0.29, 0.717) is 22.3 Å². The van der Waals surface area contributed by atoms with Crippen LogP contribution in [0.4, 0.5) is 0 Å². The van der Waals surface area contributed by atoms with Gasteiger partial charge in [0.25, 0.3) is 0 Å². The van der Waals surface area contributed by atoms with Gasteiger partial charge in [-0.3, -0.25) is 9.89 Å². The van der Waals surface area contributed by atoms with Crippen LogP contribution in [0.1, 0.15) is 15.9 Å². The number of Topliss-reactive ketones (excluding diaryl/α,β-unsaturated/α-hetero) is 1. The molecule has 0 aliphatic rings. The van der Waals surface area contributed by atoms with Crippen LogP contribution in [0.25, 0.3) is 11.4 Å². The molecule has 3 aromatic rings. The largest absolute Gasteiger partial charge is 0.293 e. The molecule has 0 fully saturated rings. The maximum Gasteiger partial charge on any atom is 0.209 e. The Kier molecular flexibility index (Phi) is 4.93. The van der Waals surface area contributed by atoms with Crippen molar-refractivity contribution in [3.05, 3.63) is 64.1 Å². The Morgan fingerprint density at radius 2 is 1.91 bits per heavy atom. The van der Waals surface area contributed by atoms with Gasteiger partial charge in [0.05, 0.1) is 5.75 Å². The number of halogens is 1. The molecule has 0 bridgehead atoms. The average molecular weight is 388 g/mol. The standard InChI is InChI=1S/C17H14BrN3OS/c1-11-6-8-12(9-7-11)15(22)10-23-17-19-16(20-21-17)13-4-2-3-5-14(13)18/h2-9H,10H2,1H3,(H,19,20,21). The van der Waals surface area contributed by atoms with Crippen LogP contribution in [-0.4, -0.2) is 26.7 Å². The highest BCUT2D eigenvalue weighted by molar-refractivity contribution is 9.10. The third kappa shape index (κ3) is 3.89. The molecule has 0 unspecified atom stereocenters. The average Bonchev–Trinajstić information content (AvgIpc) is 3.02. The Bertz CT molecular complexity index is 830. The number of thioether (sulfide) groups is 1. The minimum absolute atomic E-state index is 0.0715. The summed E-state index contributed by atoms with van der Waals surface area (Å²) >= 11 is 4.82. The Balaban J connectivity index is 1.67. The number of nitrogens with one attached hydrogen (secondary N) is 1. The van der Waals surface area contributed by atoms with Crippen molar-refractivity contribution < 1.29 is 4.79 Å². The molecule has 3 rings (SSSR count). The van der Waals surface area contributed by atoms with E-state index in [1.807, 2.05) is 55.5 Å². The third-order valence-corrected chi connectivity index (χ3v) is 4.84. The lowest BCUT2D eigenvalue weighted by molar-refractivity contribution is 0.102. The van der Waals surface area contributed by atoms with E-state index in [0.717, 1.165) is 15.6 Å². The molecule has 0 saturated heterocycles. The molecule has 2 aromatic carbocycles. The van der Waals surface area contributed by atoms with E-state index in [-0.39, 0.29) is 5.78 Å². The molecular formula is C17H14BrN3OS. The third-order valence-electron chi connectivity index (χ3n) is 3.30. The van der Waals surface area contributed by atoms with Gasteiger partial charge in [0.1, 0.15) is 0 Å². The second-order valence-corrected chi connectivity index (χ2v) is 6.82. The number of benzene rings is 2. The first-order chi connectivity index (χ1) is 11.1. The van der Waals surface area contributed by atoms with E-state index >= 15 is 0 Å². The van der Waals surface area contributed by atoms with Gasteiger partial charge in [0.2, 0.25) is 5.16 Å². The fourth-order valence-electron chi connectivity index (χ4n) is 2.04. The number of aromatic nitrogens is 3. The van der Waals surface area contributed by atoms with E-state index in [1.54, 1.807) is 0 Å².